The number of ether oxygens (including phenoxy) is 1. The Morgan fingerprint density at radius 3 is 2.38 bits per heavy atom. The van der Waals surface area contributed by atoms with Gasteiger partial charge < -0.3 is 15.4 Å². The van der Waals surface area contributed by atoms with Gasteiger partial charge in [-0.15, -0.1) is 0 Å². The Labute approximate surface area is 125 Å². The van der Waals surface area contributed by atoms with Gasteiger partial charge in [-0.2, -0.15) is 15.0 Å². The molecule has 0 aliphatic carbocycles. The van der Waals surface area contributed by atoms with E-state index in [9.17, 15) is 0 Å². The summed E-state index contributed by atoms with van der Waals surface area (Å²) in [5.74, 6) is 0.607. The third-order valence-electron chi connectivity index (χ3n) is 2.99. The Morgan fingerprint density at radius 2 is 1.81 bits per heavy atom. The first-order valence-corrected chi connectivity index (χ1v) is 7.00. The van der Waals surface area contributed by atoms with Gasteiger partial charge in [0.1, 0.15) is 0 Å². The fraction of sp³-hybridized carbons (Fsp3) is 0.400. The standard InChI is InChI=1S/C15H21N5O/c1-5-11-6-8-12(9-7-11)20(4)14-17-13(16)18-15(19-14)21-10(2)3/h6-10H,5H2,1-4H3,(H2,16,17,18,19). The van der Waals surface area contributed by atoms with E-state index in [1.165, 1.54) is 5.56 Å². The molecule has 1 aromatic carbocycles. The van der Waals surface area contributed by atoms with E-state index in [0.29, 0.717) is 5.95 Å². The van der Waals surface area contributed by atoms with Crippen LogP contribution in [0.2, 0.25) is 0 Å². The van der Waals surface area contributed by atoms with Crippen molar-refractivity contribution in [2.45, 2.75) is 33.3 Å². The summed E-state index contributed by atoms with van der Waals surface area (Å²) in [6.07, 6.45) is 0.989. The Bertz CT molecular complexity index is 598. The van der Waals surface area contributed by atoms with Gasteiger partial charge in [-0.25, -0.2) is 0 Å². The maximum atomic E-state index is 5.73. The van der Waals surface area contributed by atoms with E-state index < -0.39 is 0 Å². The zero-order valence-electron chi connectivity index (χ0n) is 12.9. The molecule has 0 amide bonds. The number of nitrogens with zero attached hydrogens (tertiary/aromatic N) is 4. The first-order valence-electron chi connectivity index (χ1n) is 7.00. The van der Waals surface area contributed by atoms with Crippen LogP contribution in [0.25, 0.3) is 0 Å². The summed E-state index contributed by atoms with van der Waals surface area (Å²) >= 11 is 0. The normalized spacial score (nSPS) is 10.7. The van der Waals surface area contributed by atoms with Gasteiger partial charge >= 0.3 is 6.01 Å². The number of benzene rings is 1. The number of rotatable bonds is 5. The van der Waals surface area contributed by atoms with Gasteiger partial charge in [0.25, 0.3) is 0 Å². The van der Waals surface area contributed by atoms with E-state index in [-0.39, 0.29) is 18.1 Å². The van der Waals surface area contributed by atoms with Crippen LogP contribution in [0.5, 0.6) is 6.01 Å². The van der Waals surface area contributed by atoms with Crippen LogP contribution in [0, 0.1) is 0 Å². The molecular weight excluding hydrogens is 266 g/mol. The monoisotopic (exact) mass is 287 g/mol. The predicted octanol–water partition coefficient (Wildman–Crippen LogP) is 2.57. The molecule has 0 bridgehead atoms. The minimum Gasteiger partial charge on any atom is -0.461 e. The van der Waals surface area contributed by atoms with E-state index in [1.54, 1.807) is 0 Å². The van der Waals surface area contributed by atoms with Crippen molar-refractivity contribution in [3.63, 3.8) is 0 Å². The predicted molar refractivity (Wildman–Crippen MR) is 83.9 cm³/mol. The molecule has 1 aromatic heterocycles. The van der Waals surface area contributed by atoms with Crippen molar-refractivity contribution in [1.82, 2.24) is 15.0 Å². The highest BCUT2D eigenvalue weighted by Crippen LogP contribution is 2.22. The van der Waals surface area contributed by atoms with Crippen LogP contribution >= 0.6 is 0 Å². The summed E-state index contributed by atoms with van der Waals surface area (Å²) in [6, 6.07) is 8.47. The number of aromatic nitrogens is 3. The van der Waals surface area contributed by atoms with Gasteiger partial charge in [0.05, 0.1) is 6.10 Å². The molecule has 6 heteroatoms. The molecule has 0 spiro atoms. The molecule has 0 saturated carbocycles. The zero-order valence-corrected chi connectivity index (χ0v) is 12.9. The lowest BCUT2D eigenvalue weighted by atomic mass is 10.1. The van der Waals surface area contributed by atoms with Crippen LogP contribution in [-0.4, -0.2) is 28.1 Å². The van der Waals surface area contributed by atoms with Gasteiger partial charge in [0.15, 0.2) is 0 Å². The summed E-state index contributed by atoms with van der Waals surface area (Å²) in [6.45, 7) is 5.95. The van der Waals surface area contributed by atoms with Crippen LogP contribution in [0.4, 0.5) is 17.6 Å². The molecule has 0 saturated heterocycles. The van der Waals surface area contributed by atoms with Crippen molar-refractivity contribution in [3.05, 3.63) is 29.8 Å². The molecule has 0 aliphatic rings. The average Bonchev–Trinajstić information content (AvgIpc) is 2.45. The summed E-state index contributed by atoms with van der Waals surface area (Å²) in [7, 11) is 1.88. The topological polar surface area (TPSA) is 77.2 Å². The highest BCUT2D eigenvalue weighted by atomic mass is 16.5. The zero-order chi connectivity index (χ0) is 15.4. The minimum absolute atomic E-state index is 0.0196. The highest BCUT2D eigenvalue weighted by molar-refractivity contribution is 5.57. The van der Waals surface area contributed by atoms with Crippen LogP contribution < -0.4 is 15.4 Å². The fourth-order valence-electron chi connectivity index (χ4n) is 1.85. The lowest BCUT2D eigenvalue weighted by Crippen LogP contribution is -2.17. The van der Waals surface area contributed by atoms with Crippen LogP contribution in [-0.2, 0) is 6.42 Å². The molecule has 0 aliphatic heterocycles. The largest absolute Gasteiger partial charge is 0.461 e. The number of nitrogen functional groups attached to an aromatic ring is 1. The van der Waals surface area contributed by atoms with Gasteiger partial charge in [-0.3, -0.25) is 0 Å². The molecular formula is C15H21N5O. The maximum absolute atomic E-state index is 5.73. The van der Waals surface area contributed by atoms with Gasteiger partial charge in [0.2, 0.25) is 11.9 Å². The second-order valence-electron chi connectivity index (χ2n) is 5.02. The van der Waals surface area contributed by atoms with Crippen molar-refractivity contribution in [1.29, 1.82) is 0 Å². The molecule has 0 radical (unpaired) electrons. The summed E-state index contributed by atoms with van der Waals surface area (Å²) < 4.78 is 5.49. The minimum atomic E-state index is -0.0196. The Morgan fingerprint density at radius 1 is 1.14 bits per heavy atom. The molecule has 1 heterocycles. The molecule has 2 N–H and O–H groups in total. The van der Waals surface area contributed by atoms with Crippen LogP contribution in [0.15, 0.2) is 24.3 Å². The van der Waals surface area contributed by atoms with E-state index in [1.807, 2.05) is 37.9 Å². The number of nitrogens with two attached hydrogens (primary N) is 1. The van der Waals surface area contributed by atoms with Crippen LogP contribution in [0.3, 0.4) is 0 Å². The molecule has 0 atom stereocenters. The molecule has 21 heavy (non-hydrogen) atoms. The smallest absolute Gasteiger partial charge is 0.323 e. The quantitative estimate of drug-likeness (QED) is 0.910. The second-order valence-corrected chi connectivity index (χ2v) is 5.02. The van der Waals surface area contributed by atoms with E-state index >= 15 is 0 Å². The third-order valence-corrected chi connectivity index (χ3v) is 2.99. The molecule has 112 valence electrons. The lowest BCUT2D eigenvalue weighted by Gasteiger charge is -2.18. The lowest BCUT2D eigenvalue weighted by molar-refractivity contribution is 0.222. The SMILES string of the molecule is CCc1ccc(N(C)c2nc(N)nc(OC(C)C)n2)cc1. The van der Waals surface area contributed by atoms with Crippen molar-refractivity contribution in [3.8, 4) is 6.01 Å². The first kappa shape index (κ1) is 15.0. The number of hydrogen-bond acceptors (Lipinski definition) is 6. The summed E-state index contributed by atoms with van der Waals surface area (Å²) in [5, 5.41) is 0. The third kappa shape index (κ3) is 3.81. The molecule has 0 unspecified atom stereocenters. The molecule has 0 fully saturated rings. The summed E-state index contributed by atoms with van der Waals surface area (Å²) in [5.41, 5.74) is 7.99. The van der Waals surface area contributed by atoms with Gasteiger partial charge in [-0.1, -0.05) is 19.1 Å². The molecule has 6 nitrogen and oxygen atoms in total. The van der Waals surface area contributed by atoms with Crippen molar-refractivity contribution >= 4 is 17.6 Å². The number of anilines is 3. The maximum Gasteiger partial charge on any atom is 0.323 e. The van der Waals surface area contributed by atoms with Crippen LogP contribution in [0.1, 0.15) is 26.3 Å². The molecule has 2 aromatic rings. The second kappa shape index (κ2) is 6.39. The van der Waals surface area contributed by atoms with Crippen molar-refractivity contribution in [2.75, 3.05) is 17.7 Å². The van der Waals surface area contributed by atoms with E-state index in [0.717, 1.165) is 12.1 Å². The van der Waals surface area contributed by atoms with E-state index in [2.05, 4.69) is 34.0 Å². The Kier molecular flexibility index (Phi) is 4.57. The van der Waals surface area contributed by atoms with Crippen molar-refractivity contribution < 1.29 is 4.74 Å². The van der Waals surface area contributed by atoms with E-state index in [4.69, 9.17) is 10.5 Å². The summed E-state index contributed by atoms with van der Waals surface area (Å²) in [4.78, 5) is 14.3. The highest BCUT2D eigenvalue weighted by Gasteiger charge is 2.12. The Balaban J connectivity index is 2.28. The fourth-order valence-corrected chi connectivity index (χ4v) is 1.85. The van der Waals surface area contributed by atoms with Crippen molar-refractivity contribution in [2.24, 2.45) is 0 Å². The first-order chi connectivity index (χ1) is 9.99. The number of hydrogen-bond donors (Lipinski definition) is 1. The van der Waals surface area contributed by atoms with Gasteiger partial charge in [0, 0.05) is 12.7 Å². The molecule has 2 rings (SSSR count). The van der Waals surface area contributed by atoms with Gasteiger partial charge in [-0.05, 0) is 38.0 Å². The average molecular weight is 287 g/mol. The Hall–Kier alpha value is -2.37. The number of aryl methyl sites for hydroxylation is 1.